The van der Waals surface area contributed by atoms with Crippen LogP contribution in [0.25, 0.3) is 10.9 Å². The number of aromatic nitrogens is 1. The lowest BCUT2D eigenvalue weighted by atomic mass is 10.1. The molecule has 0 atom stereocenters. The molecule has 2 rings (SSSR count). The van der Waals surface area contributed by atoms with Crippen LogP contribution in [0.5, 0.6) is 0 Å². The number of pyridine rings is 1. The molecule has 1 aromatic heterocycles. The molecule has 0 saturated carbocycles. The van der Waals surface area contributed by atoms with Gasteiger partial charge in [0.25, 0.3) is 0 Å². The van der Waals surface area contributed by atoms with Crippen LogP contribution in [-0.4, -0.2) is 21.8 Å². The lowest BCUT2D eigenvalue weighted by Crippen LogP contribution is -1.96. The van der Waals surface area contributed by atoms with Gasteiger partial charge < -0.3 is 5.11 Å². The minimum Gasteiger partial charge on any atom is -0.481 e. The zero-order valence-corrected chi connectivity index (χ0v) is 10.3. The molecule has 0 spiro atoms. The van der Waals surface area contributed by atoms with Gasteiger partial charge in [0.1, 0.15) is 0 Å². The lowest BCUT2D eigenvalue weighted by Gasteiger charge is -2.06. The van der Waals surface area contributed by atoms with Gasteiger partial charge in [-0.05, 0) is 18.6 Å². The third-order valence-electron chi connectivity index (χ3n) is 2.51. The van der Waals surface area contributed by atoms with Gasteiger partial charge in [-0.3, -0.25) is 9.78 Å². The molecule has 0 fully saturated rings. The molecule has 1 heterocycles. The second-order valence-electron chi connectivity index (χ2n) is 3.77. The SMILES string of the molecule is Cc1cccc2c(SCCC(=O)O)ccnc12. The van der Waals surface area contributed by atoms with Crippen molar-refractivity contribution < 1.29 is 9.90 Å². The molecule has 0 amide bonds. The third-order valence-corrected chi connectivity index (χ3v) is 3.58. The summed E-state index contributed by atoms with van der Waals surface area (Å²) in [5.74, 6) is -0.172. The number of para-hydroxylation sites is 1. The number of carboxylic acid groups (broad SMARTS) is 1. The van der Waals surface area contributed by atoms with Crippen molar-refractivity contribution in [2.24, 2.45) is 0 Å². The number of carbonyl (C=O) groups is 1. The van der Waals surface area contributed by atoms with E-state index in [2.05, 4.69) is 4.98 Å². The van der Waals surface area contributed by atoms with Crippen LogP contribution in [0, 0.1) is 6.92 Å². The fraction of sp³-hybridized carbons (Fsp3) is 0.231. The van der Waals surface area contributed by atoms with Gasteiger partial charge in [-0.2, -0.15) is 0 Å². The van der Waals surface area contributed by atoms with Crippen LogP contribution in [0.15, 0.2) is 35.4 Å². The predicted octanol–water partition coefficient (Wildman–Crippen LogP) is 3.11. The monoisotopic (exact) mass is 247 g/mol. The predicted molar refractivity (Wildman–Crippen MR) is 69.5 cm³/mol. The minimum absolute atomic E-state index is 0.181. The molecule has 0 aliphatic heterocycles. The molecule has 0 aliphatic carbocycles. The molecule has 0 aliphatic rings. The largest absolute Gasteiger partial charge is 0.481 e. The van der Waals surface area contributed by atoms with Gasteiger partial charge in [0, 0.05) is 22.2 Å². The van der Waals surface area contributed by atoms with Crippen molar-refractivity contribution in [2.45, 2.75) is 18.2 Å². The maximum atomic E-state index is 10.5. The molecule has 1 N–H and O–H groups in total. The van der Waals surface area contributed by atoms with E-state index >= 15 is 0 Å². The average Bonchev–Trinajstić information content (AvgIpc) is 2.30. The Morgan fingerprint density at radius 1 is 1.41 bits per heavy atom. The summed E-state index contributed by atoms with van der Waals surface area (Å²) >= 11 is 1.57. The molecular weight excluding hydrogens is 234 g/mol. The van der Waals surface area contributed by atoms with Crippen molar-refractivity contribution in [2.75, 3.05) is 5.75 Å². The summed E-state index contributed by atoms with van der Waals surface area (Å²) in [6.45, 7) is 2.03. The molecule has 0 saturated heterocycles. The number of aryl methyl sites for hydroxylation is 1. The van der Waals surface area contributed by atoms with E-state index in [-0.39, 0.29) is 6.42 Å². The Morgan fingerprint density at radius 3 is 3.00 bits per heavy atom. The number of aliphatic carboxylic acids is 1. The summed E-state index contributed by atoms with van der Waals surface area (Å²) in [5, 5.41) is 9.72. The summed E-state index contributed by atoms with van der Waals surface area (Å²) in [6.07, 6.45) is 1.96. The summed E-state index contributed by atoms with van der Waals surface area (Å²) in [4.78, 5) is 15.9. The maximum absolute atomic E-state index is 10.5. The Bertz CT molecular complexity index is 554. The molecule has 0 bridgehead atoms. The first-order chi connectivity index (χ1) is 8.18. The van der Waals surface area contributed by atoms with Crippen molar-refractivity contribution in [3.05, 3.63) is 36.0 Å². The highest BCUT2D eigenvalue weighted by molar-refractivity contribution is 7.99. The highest BCUT2D eigenvalue weighted by atomic mass is 32.2. The average molecular weight is 247 g/mol. The molecule has 3 nitrogen and oxygen atoms in total. The number of nitrogens with zero attached hydrogens (tertiary/aromatic N) is 1. The highest BCUT2D eigenvalue weighted by Crippen LogP contribution is 2.28. The molecule has 4 heteroatoms. The molecule has 2 aromatic rings. The Morgan fingerprint density at radius 2 is 2.24 bits per heavy atom. The van der Waals surface area contributed by atoms with Gasteiger partial charge in [-0.15, -0.1) is 11.8 Å². The number of benzene rings is 1. The highest BCUT2D eigenvalue weighted by Gasteiger charge is 2.05. The van der Waals surface area contributed by atoms with Crippen molar-refractivity contribution in [3.8, 4) is 0 Å². The van der Waals surface area contributed by atoms with Gasteiger partial charge >= 0.3 is 5.97 Å². The van der Waals surface area contributed by atoms with Gasteiger partial charge in [-0.1, -0.05) is 18.2 Å². The number of fused-ring (bicyclic) bond motifs is 1. The van der Waals surface area contributed by atoms with Gasteiger partial charge in [0.15, 0.2) is 0 Å². The van der Waals surface area contributed by atoms with Crippen molar-refractivity contribution in [1.29, 1.82) is 0 Å². The first kappa shape index (κ1) is 11.9. The van der Waals surface area contributed by atoms with E-state index in [1.54, 1.807) is 18.0 Å². The topological polar surface area (TPSA) is 50.2 Å². The first-order valence-electron chi connectivity index (χ1n) is 5.37. The van der Waals surface area contributed by atoms with Crippen molar-refractivity contribution >= 4 is 28.6 Å². The van der Waals surface area contributed by atoms with Crippen LogP contribution < -0.4 is 0 Å². The zero-order valence-electron chi connectivity index (χ0n) is 9.51. The lowest BCUT2D eigenvalue weighted by molar-refractivity contribution is -0.136. The Balaban J connectivity index is 2.28. The number of hydrogen-bond donors (Lipinski definition) is 1. The maximum Gasteiger partial charge on any atom is 0.304 e. The number of rotatable bonds is 4. The Labute approximate surface area is 104 Å². The van der Waals surface area contributed by atoms with E-state index in [0.717, 1.165) is 21.4 Å². The second-order valence-corrected chi connectivity index (χ2v) is 4.91. The molecular formula is C13H13NO2S. The first-order valence-corrected chi connectivity index (χ1v) is 6.36. The van der Waals surface area contributed by atoms with Gasteiger partial charge in [0.05, 0.1) is 11.9 Å². The normalized spacial score (nSPS) is 10.6. The zero-order chi connectivity index (χ0) is 12.3. The van der Waals surface area contributed by atoms with Gasteiger partial charge in [-0.25, -0.2) is 0 Å². The van der Waals surface area contributed by atoms with Crippen LogP contribution >= 0.6 is 11.8 Å². The Hall–Kier alpha value is -1.55. The number of thioether (sulfide) groups is 1. The summed E-state index contributed by atoms with van der Waals surface area (Å²) < 4.78 is 0. The van der Waals surface area contributed by atoms with Crippen LogP contribution in [-0.2, 0) is 4.79 Å². The van der Waals surface area contributed by atoms with Crippen LogP contribution in [0.1, 0.15) is 12.0 Å². The van der Waals surface area contributed by atoms with Crippen LogP contribution in [0.3, 0.4) is 0 Å². The van der Waals surface area contributed by atoms with E-state index < -0.39 is 5.97 Å². The van der Waals surface area contributed by atoms with Crippen molar-refractivity contribution in [3.63, 3.8) is 0 Å². The fourth-order valence-corrected chi connectivity index (χ4v) is 2.65. The third kappa shape index (κ3) is 2.77. The van der Waals surface area contributed by atoms with Crippen LogP contribution in [0.4, 0.5) is 0 Å². The van der Waals surface area contributed by atoms with Crippen LogP contribution in [0.2, 0.25) is 0 Å². The quantitative estimate of drug-likeness (QED) is 0.843. The fourth-order valence-electron chi connectivity index (χ4n) is 1.67. The summed E-state index contributed by atoms with van der Waals surface area (Å²) in [5.41, 5.74) is 2.14. The summed E-state index contributed by atoms with van der Waals surface area (Å²) in [7, 11) is 0. The minimum atomic E-state index is -0.757. The van der Waals surface area contributed by atoms with E-state index in [4.69, 9.17) is 5.11 Å². The number of carboxylic acids is 1. The van der Waals surface area contributed by atoms with E-state index in [1.165, 1.54) is 0 Å². The molecule has 0 unspecified atom stereocenters. The van der Waals surface area contributed by atoms with Crippen molar-refractivity contribution in [1.82, 2.24) is 4.98 Å². The van der Waals surface area contributed by atoms with E-state index in [9.17, 15) is 4.79 Å². The second kappa shape index (κ2) is 5.19. The molecule has 88 valence electrons. The molecule has 1 aromatic carbocycles. The molecule has 0 radical (unpaired) electrons. The smallest absolute Gasteiger partial charge is 0.304 e. The number of hydrogen-bond acceptors (Lipinski definition) is 3. The van der Waals surface area contributed by atoms with Gasteiger partial charge in [0.2, 0.25) is 0 Å². The van der Waals surface area contributed by atoms with E-state index in [0.29, 0.717) is 5.75 Å². The Kier molecular flexibility index (Phi) is 3.64. The summed E-state index contributed by atoms with van der Waals surface area (Å²) in [6, 6.07) is 7.99. The standard InChI is InChI=1S/C13H13NO2S/c1-9-3-2-4-10-11(5-7-14-13(9)10)17-8-6-12(15)16/h2-5,7H,6,8H2,1H3,(H,15,16). The molecule has 17 heavy (non-hydrogen) atoms. The van der Waals surface area contributed by atoms with E-state index in [1.807, 2.05) is 31.2 Å².